The summed E-state index contributed by atoms with van der Waals surface area (Å²) in [5.41, 5.74) is 4.69. The van der Waals surface area contributed by atoms with Gasteiger partial charge in [-0.2, -0.15) is 0 Å². The first kappa shape index (κ1) is 13.6. The molecular formula is C16H22N2O2. The van der Waals surface area contributed by atoms with Gasteiger partial charge in [0.1, 0.15) is 0 Å². The van der Waals surface area contributed by atoms with Crippen molar-refractivity contribution in [3.05, 3.63) is 35.4 Å². The second-order valence-corrected chi connectivity index (χ2v) is 6.12. The Morgan fingerprint density at radius 2 is 1.75 bits per heavy atom. The van der Waals surface area contributed by atoms with E-state index in [9.17, 15) is 9.90 Å². The largest absolute Gasteiger partial charge is 0.389 e. The summed E-state index contributed by atoms with van der Waals surface area (Å²) in [5.74, 6) is -0.0674. The third-order valence-corrected chi connectivity index (χ3v) is 4.40. The summed E-state index contributed by atoms with van der Waals surface area (Å²) in [4.78, 5) is 12.1. The second-order valence-electron chi connectivity index (χ2n) is 6.12. The van der Waals surface area contributed by atoms with Crippen molar-refractivity contribution in [1.82, 2.24) is 10.4 Å². The normalized spacial score (nSPS) is 21.4. The van der Waals surface area contributed by atoms with E-state index in [0.29, 0.717) is 0 Å². The van der Waals surface area contributed by atoms with Gasteiger partial charge >= 0.3 is 0 Å². The Labute approximate surface area is 119 Å². The van der Waals surface area contributed by atoms with Gasteiger partial charge in [0.2, 0.25) is 5.91 Å². The number of aliphatic hydroxyl groups is 1. The van der Waals surface area contributed by atoms with E-state index < -0.39 is 5.60 Å². The summed E-state index contributed by atoms with van der Waals surface area (Å²) in [7, 11) is 0. The van der Waals surface area contributed by atoms with E-state index in [1.54, 1.807) is 0 Å². The van der Waals surface area contributed by atoms with E-state index in [1.165, 1.54) is 17.5 Å². The number of benzene rings is 1. The van der Waals surface area contributed by atoms with Crippen LogP contribution in [0.25, 0.3) is 0 Å². The summed E-state index contributed by atoms with van der Waals surface area (Å²) < 4.78 is 0. The Hall–Kier alpha value is -1.39. The van der Waals surface area contributed by atoms with Crippen LogP contribution >= 0.6 is 0 Å². The minimum Gasteiger partial charge on any atom is -0.389 e. The Morgan fingerprint density at radius 3 is 2.35 bits per heavy atom. The third-order valence-electron chi connectivity index (χ3n) is 4.40. The summed E-state index contributed by atoms with van der Waals surface area (Å²) in [6.07, 6.45) is 4.95. The van der Waals surface area contributed by atoms with Gasteiger partial charge in [-0.25, -0.2) is 5.01 Å². The molecule has 1 aliphatic heterocycles. The smallest absolute Gasteiger partial charge is 0.237 e. The van der Waals surface area contributed by atoms with Crippen molar-refractivity contribution in [3.8, 4) is 0 Å². The number of fused-ring (bicyclic) bond motifs is 1. The molecule has 3 rings (SSSR count). The highest BCUT2D eigenvalue weighted by Gasteiger charge is 2.32. The Bertz CT molecular complexity index is 470. The lowest BCUT2D eigenvalue weighted by molar-refractivity contribution is -0.132. The second kappa shape index (κ2) is 5.54. The van der Waals surface area contributed by atoms with Crippen LogP contribution in [-0.4, -0.2) is 21.6 Å². The van der Waals surface area contributed by atoms with Crippen molar-refractivity contribution in [1.29, 1.82) is 0 Å². The highest BCUT2D eigenvalue weighted by Crippen LogP contribution is 2.31. The van der Waals surface area contributed by atoms with Crippen LogP contribution < -0.4 is 5.43 Å². The average Bonchev–Trinajstić information content (AvgIpc) is 2.80. The summed E-state index contributed by atoms with van der Waals surface area (Å²) in [6.45, 7) is 1.50. The van der Waals surface area contributed by atoms with Crippen LogP contribution in [0.3, 0.4) is 0 Å². The number of rotatable bonds is 3. The summed E-state index contributed by atoms with van der Waals surface area (Å²) >= 11 is 0. The maximum atomic E-state index is 12.1. The van der Waals surface area contributed by atoms with E-state index in [0.717, 1.165) is 38.8 Å². The van der Waals surface area contributed by atoms with E-state index in [-0.39, 0.29) is 12.3 Å². The molecule has 1 heterocycles. The van der Waals surface area contributed by atoms with Gasteiger partial charge in [-0.1, -0.05) is 43.5 Å². The zero-order valence-electron chi connectivity index (χ0n) is 11.8. The predicted molar refractivity (Wildman–Crippen MR) is 76.5 cm³/mol. The number of amides is 1. The Kier molecular flexibility index (Phi) is 3.76. The van der Waals surface area contributed by atoms with Crippen LogP contribution in [0.2, 0.25) is 0 Å². The molecule has 2 N–H and O–H groups in total. The average molecular weight is 274 g/mol. The highest BCUT2D eigenvalue weighted by atomic mass is 16.3. The van der Waals surface area contributed by atoms with Crippen molar-refractivity contribution >= 4 is 5.91 Å². The van der Waals surface area contributed by atoms with Crippen molar-refractivity contribution in [3.63, 3.8) is 0 Å². The quantitative estimate of drug-likeness (QED) is 0.887. The molecule has 0 bridgehead atoms. The Morgan fingerprint density at radius 1 is 1.15 bits per heavy atom. The number of hydrazine groups is 1. The molecular weight excluding hydrogens is 252 g/mol. The molecule has 1 aliphatic carbocycles. The molecule has 108 valence electrons. The molecule has 1 fully saturated rings. The van der Waals surface area contributed by atoms with Crippen molar-refractivity contribution in [2.24, 2.45) is 0 Å². The molecule has 4 heteroatoms. The fourth-order valence-corrected chi connectivity index (χ4v) is 3.31. The minimum atomic E-state index is -0.783. The number of carbonyl (C=O) groups excluding carboxylic acids is 1. The van der Waals surface area contributed by atoms with Gasteiger partial charge in [0.25, 0.3) is 0 Å². The number of nitrogens with one attached hydrogen (secondary N) is 1. The predicted octanol–water partition coefficient (Wildman–Crippen LogP) is 2.12. The van der Waals surface area contributed by atoms with E-state index in [1.807, 2.05) is 17.1 Å². The molecule has 0 unspecified atom stereocenters. The molecule has 0 atom stereocenters. The molecule has 4 nitrogen and oxygen atoms in total. The standard InChI is InChI=1S/C16H22N2O2/c19-15(10-16(20)8-4-1-5-9-16)17-18-11-13-6-2-3-7-14(13)12-18/h2-3,6-7,20H,1,4-5,8-12H2,(H,17,19). The fourth-order valence-electron chi connectivity index (χ4n) is 3.31. The van der Waals surface area contributed by atoms with E-state index in [4.69, 9.17) is 0 Å². The van der Waals surface area contributed by atoms with Crippen LogP contribution in [-0.2, 0) is 17.9 Å². The fraction of sp³-hybridized carbons (Fsp3) is 0.562. The van der Waals surface area contributed by atoms with Gasteiger partial charge < -0.3 is 5.11 Å². The summed E-state index contributed by atoms with van der Waals surface area (Å²) in [5, 5.41) is 12.3. The zero-order valence-corrected chi connectivity index (χ0v) is 11.8. The van der Waals surface area contributed by atoms with Gasteiger partial charge in [0.15, 0.2) is 0 Å². The number of hydrogen-bond donors (Lipinski definition) is 2. The SMILES string of the molecule is O=C(CC1(O)CCCCC1)NN1Cc2ccccc2C1. The molecule has 0 aromatic heterocycles. The monoisotopic (exact) mass is 274 g/mol. The third kappa shape index (κ3) is 3.02. The van der Waals surface area contributed by atoms with Crippen LogP contribution in [0.1, 0.15) is 49.7 Å². The molecule has 1 saturated carbocycles. The lowest BCUT2D eigenvalue weighted by Gasteiger charge is -2.32. The van der Waals surface area contributed by atoms with Crippen LogP contribution in [0.5, 0.6) is 0 Å². The van der Waals surface area contributed by atoms with E-state index >= 15 is 0 Å². The highest BCUT2D eigenvalue weighted by molar-refractivity contribution is 5.76. The van der Waals surface area contributed by atoms with E-state index in [2.05, 4.69) is 17.6 Å². The van der Waals surface area contributed by atoms with Crippen molar-refractivity contribution in [2.45, 2.75) is 57.2 Å². The number of carbonyl (C=O) groups is 1. The van der Waals surface area contributed by atoms with Crippen molar-refractivity contribution in [2.75, 3.05) is 0 Å². The minimum absolute atomic E-state index is 0.0674. The van der Waals surface area contributed by atoms with Gasteiger partial charge in [-0.05, 0) is 24.0 Å². The maximum Gasteiger partial charge on any atom is 0.237 e. The Balaban J connectivity index is 1.53. The molecule has 1 aromatic carbocycles. The molecule has 0 radical (unpaired) electrons. The lowest BCUT2D eigenvalue weighted by atomic mass is 9.82. The first-order valence-corrected chi connectivity index (χ1v) is 7.48. The topological polar surface area (TPSA) is 52.6 Å². The number of nitrogens with zero attached hydrogens (tertiary/aromatic N) is 1. The van der Waals surface area contributed by atoms with Gasteiger partial charge in [0.05, 0.1) is 12.0 Å². The van der Waals surface area contributed by atoms with Crippen LogP contribution in [0.15, 0.2) is 24.3 Å². The first-order valence-electron chi connectivity index (χ1n) is 7.48. The maximum absolute atomic E-state index is 12.1. The molecule has 1 aromatic rings. The molecule has 20 heavy (non-hydrogen) atoms. The first-order chi connectivity index (χ1) is 9.65. The lowest BCUT2D eigenvalue weighted by Crippen LogP contribution is -2.44. The van der Waals surface area contributed by atoms with Crippen molar-refractivity contribution < 1.29 is 9.90 Å². The van der Waals surface area contributed by atoms with Gasteiger partial charge in [-0.3, -0.25) is 10.2 Å². The zero-order chi connectivity index (χ0) is 14.0. The van der Waals surface area contributed by atoms with Gasteiger partial charge in [-0.15, -0.1) is 0 Å². The summed E-state index contributed by atoms with van der Waals surface area (Å²) in [6, 6.07) is 8.23. The number of hydrogen-bond acceptors (Lipinski definition) is 3. The van der Waals surface area contributed by atoms with Gasteiger partial charge in [0, 0.05) is 13.1 Å². The molecule has 1 amide bonds. The molecule has 0 saturated heterocycles. The van der Waals surface area contributed by atoms with Crippen LogP contribution in [0, 0.1) is 0 Å². The molecule has 2 aliphatic rings. The van der Waals surface area contributed by atoms with Crippen LogP contribution in [0.4, 0.5) is 0 Å². The molecule has 0 spiro atoms.